The minimum Gasteiger partial charge on any atom is -0.187 e. The molecule has 0 fully saturated rings. The fourth-order valence-corrected chi connectivity index (χ4v) is 2.77. The Bertz CT molecular complexity index is 753. The van der Waals surface area contributed by atoms with Crippen molar-refractivity contribution in [1.82, 2.24) is 4.58 Å². The Hall–Kier alpha value is -2.15. The zero-order valence-electron chi connectivity index (χ0n) is 9.38. The lowest BCUT2D eigenvalue weighted by atomic mass is 9.98. The van der Waals surface area contributed by atoms with Crippen LogP contribution in [0.2, 0.25) is 0 Å². The molecular formula is C16H12N+. The number of benzene rings is 2. The maximum Gasteiger partial charge on any atom is 0.213 e. The predicted molar refractivity (Wildman–Crippen MR) is 69.6 cm³/mol. The van der Waals surface area contributed by atoms with Crippen molar-refractivity contribution in [3.05, 3.63) is 76.4 Å². The van der Waals surface area contributed by atoms with Crippen molar-refractivity contribution in [2.24, 2.45) is 0 Å². The van der Waals surface area contributed by atoms with Crippen molar-refractivity contribution in [1.29, 1.82) is 0 Å². The predicted octanol–water partition coefficient (Wildman–Crippen LogP) is 1.70. The molecule has 0 aliphatic carbocycles. The van der Waals surface area contributed by atoms with E-state index < -0.39 is 0 Å². The third kappa shape index (κ3) is 1.17. The molecule has 0 spiro atoms. The first-order valence-corrected chi connectivity index (χ1v) is 5.93. The Morgan fingerprint density at radius 1 is 0.882 bits per heavy atom. The minimum absolute atomic E-state index is 0.369. The molecule has 2 aromatic carbocycles. The number of fused-ring (bicyclic) bond motifs is 4. The number of rotatable bonds is 0. The van der Waals surface area contributed by atoms with Crippen LogP contribution in [-0.2, 0) is 0 Å². The molecule has 1 heteroatoms. The molecule has 1 nitrogen and oxygen atoms in total. The molecule has 0 aromatic heterocycles. The van der Waals surface area contributed by atoms with Crippen LogP contribution in [0.3, 0.4) is 0 Å². The quantitative estimate of drug-likeness (QED) is 0.592. The molecule has 2 aliphatic rings. The topological polar surface area (TPSA) is 3.01 Å². The smallest absolute Gasteiger partial charge is 0.187 e. The Morgan fingerprint density at radius 3 is 2.71 bits per heavy atom. The van der Waals surface area contributed by atoms with E-state index in [1.54, 1.807) is 0 Å². The van der Waals surface area contributed by atoms with Gasteiger partial charge in [0.1, 0.15) is 0 Å². The van der Waals surface area contributed by atoms with Gasteiger partial charge in [-0.2, -0.15) is 4.58 Å². The van der Waals surface area contributed by atoms with Gasteiger partial charge in [0.2, 0.25) is 11.4 Å². The highest BCUT2D eigenvalue weighted by Gasteiger charge is 2.29. The van der Waals surface area contributed by atoms with Gasteiger partial charge in [-0.1, -0.05) is 36.4 Å². The lowest BCUT2D eigenvalue weighted by Gasteiger charge is -2.13. The summed E-state index contributed by atoms with van der Waals surface area (Å²) in [7, 11) is 0. The van der Waals surface area contributed by atoms with Crippen LogP contribution in [0.15, 0.2) is 54.7 Å². The highest BCUT2D eigenvalue weighted by Crippen LogP contribution is 2.27. The highest BCUT2D eigenvalue weighted by atomic mass is 15.0. The van der Waals surface area contributed by atoms with Crippen LogP contribution >= 0.6 is 0 Å². The summed E-state index contributed by atoms with van der Waals surface area (Å²) in [5.41, 5.74) is 2.73. The standard InChI is InChI=1S/C16H12N/c1-3-7-14-12(5-1)9-10-17-15-8-4-2-6-13(15)11-16(14)17/h1-11,16H/q+1. The molecule has 2 aliphatic heterocycles. The van der Waals surface area contributed by atoms with Gasteiger partial charge in [0, 0.05) is 29.0 Å². The van der Waals surface area contributed by atoms with E-state index in [1.165, 1.54) is 21.7 Å². The van der Waals surface area contributed by atoms with Gasteiger partial charge in [-0.15, -0.1) is 0 Å². The fourth-order valence-electron chi connectivity index (χ4n) is 2.77. The van der Waals surface area contributed by atoms with Gasteiger partial charge in [0.15, 0.2) is 6.20 Å². The summed E-state index contributed by atoms with van der Waals surface area (Å²) in [6.07, 6.45) is 6.73. The molecule has 2 aromatic rings. The summed E-state index contributed by atoms with van der Waals surface area (Å²) in [4.78, 5) is 0. The summed E-state index contributed by atoms with van der Waals surface area (Å²) in [5, 5.41) is 2.64. The first kappa shape index (κ1) is 8.94. The van der Waals surface area contributed by atoms with Gasteiger partial charge in [-0.05, 0) is 11.6 Å². The van der Waals surface area contributed by atoms with E-state index in [4.69, 9.17) is 0 Å². The second-order valence-electron chi connectivity index (χ2n) is 4.52. The van der Waals surface area contributed by atoms with Crippen LogP contribution in [0.4, 0.5) is 0 Å². The van der Waals surface area contributed by atoms with E-state index in [9.17, 15) is 0 Å². The molecule has 2 heterocycles. The lowest BCUT2D eigenvalue weighted by Crippen LogP contribution is -2.32. The van der Waals surface area contributed by atoms with Crippen LogP contribution in [0.25, 0.3) is 12.2 Å². The molecule has 0 radical (unpaired) electrons. The third-order valence-electron chi connectivity index (χ3n) is 3.58. The van der Waals surface area contributed by atoms with Gasteiger partial charge >= 0.3 is 0 Å². The van der Waals surface area contributed by atoms with Crippen LogP contribution in [0, 0.1) is 0 Å². The van der Waals surface area contributed by atoms with E-state index >= 15 is 0 Å². The Morgan fingerprint density at radius 2 is 1.71 bits per heavy atom. The third-order valence-corrected chi connectivity index (χ3v) is 3.58. The summed E-state index contributed by atoms with van der Waals surface area (Å²) >= 11 is 0. The molecule has 80 valence electrons. The van der Waals surface area contributed by atoms with Crippen LogP contribution in [0.1, 0.15) is 17.2 Å². The highest BCUT2D eigenvalue weighted by molar-refractivity contribution is 5.62. The summed E-state index contributed by atoms with van der Waals surface area (Å²) < 4.78 is 2.34. The average molecular weight is 218 g/mol. The van der Waals surface area contributed by atoms with Gasteiger partial charge in [-0.3, -0.25) is 0 Å². The van der Waals surface area contributed by atoms with Crippen molar-refractivity contribution in [3.63, 3.8) is 0 Å². The lowest BCUT2D eigenvalue weighted by molar-refractivity contribution is 0.671. The van der Waals surface area contributed by atoms with Gasteiger partial charge in [-0.25, -0.2) is 0 Å². The zero-order chi connectivity index (χ0) is 11.2. The van der Waals surface area contributed by atoms with Gasteiger partial charge in [0.25, 0.3) is 0 Å². The van der Waals surface area contributed by atoms with E-state index in [1.807, 2.05) is 0 Å². The molecule has 1 atom stereocenters. The van der Waals surface area contributed by atoms with Crippen LogP contribution in [-0.4, -0.2) is 0 Å². The van der Waals surface area contributed by atoms with Gasteiger partial charge < -0.3 is 0 Å². The Labute approximate surface area is 99.7 Å². The van der Waals surface area contributed by atoms with Crippen molar-refractivity contribution >= 4 is 12.2 Å². The molecule has 0 bridgehead atoms. The zero-order valence-corrected chi connectivity index (χ0v) is 9.38. The van der Waals surface area contributed by atoms with E-state index in [0.717, 1.165) is 0 Å². The van der Waals surface area contributed by atoms with E-state index in [0.29, 0.717) is 6.04 Å². The van der Waals surface area contributed by atoms with Crippen molar-refractivity contribution in [2.45, 2.75) is 6.04 Å². The van der Waals surface area contributed by atoms with Crippen molar-refractivity contribution < 1.29 is 0 Å². The molecule has 17 heavy (non-hydrogen) atoms. The molecule has 1 unspecified atom stereocenters. The Balaban J connectivity index is 2.10. The Kier molecular flexibility index (Phi) is 1.67. The van der Waals surface area contributed by atoms with Crippen molar-refractivity contribution in [3.8, 4) is 0 Å². The first-order chi connectivity index (χ1) is 8.43. The molecule has 0 saturated carbocycles. The minimum atomic E-state index is 0.369. The summed E-state index contributed by atoms with van der Waals surface area (Å²) in [5.74, 6) is 0. The fraction of sp³-hybridized carbons (Fsp3) is 0.0625. The van der Waals surface area contributed by atoms with Crippen LogP contribution < -0.4 is 15.2 Å². The number of nitrogens with zero attached hydrogens (tertiary/aromatic N) is 1. The summed E-state index contributed by atoms with van der Waals surface area (Å²) in [6.45, 7) is 0. The maximum atomic E-state index is 2.34. The SMILES string of the molecule is C1=C[N+]2=c3ccccc3=CC2c2ccccc21. The number of hydrogen-bond acceptors (Lipinski definition) is 0. The van der Waals surface area contributed by atoms with E-state index in [-0.39, 0.29) is 0 Å². The van der Waals surface area contributed by atoms with Gasteiger partial charge in [0.05, 0.1) is 0 Å². The largest absolute Gasteiger partial charge is 0.213 e. The summed E-state index contributed by atoms with van der Waals surface area (Å²) in [6, 6.07) is 17.6. The second kappa shape index (κ2) is 3.17. The van der Waals surface area contributed by atoms with Crippen LogP contribution in [0.5, 0.6) is 0 Å². The molecule has 0 saturated heterocycles. The molecular weight excluding hydrogens is 206 g/mol. The second-order valence-corrected chi connectivity index (χ2v) is 4.52. The normalized spacial score (nSPS) is 19.3. The molecule has 0 N–H and O–H groups in total. The maximum absolute atomic E-state index is 2.34. The molecule has 4 rings (SSSR count). The molecule has 0 amide bonds. The number of para-hydroxylation sites is 1. The first-order valence-electron chi connectivity index (χ1n) is 5.93. The average Bonchev–Trinajstić information content (AvgIpc) is 2.78. The van der Waals surface area contributed by atoms with Crippen molar-refractivity contribution in [2.75, 3.05) is 0 Å². The monoisotopic (exact) mass is 218 g/mol. The number of hydrogen-bond donors (Lipinski definition) is 0. The van der Waals surface area contributed by atoms with E-state index in [2.05, 4.69) is 71.5 Å².